The van der Waals surface area contributed by atoms with Gasteiger partial charge in [-0.05, 0) is 30.3 Å². The van der Waals surface area contributed by atoms with Crippen LogP contribution >= 0.6 is 22.9 Å². The molecule has 1 aromatic carbocycles. The molecule has 0 fully saturated rings. The van der Waals surface area contributed by atoms with Crippen LogP contribution in [0.25, 0.3) is 0 Å². The van der Waals surface area contributed by atoms with E-state index in [-0.39, 0.29) is 17.3 Å². The highest BCUT2D eigenvalue weighted by Crippen LogP contribution is 2.23. The maximum Gasteiger partial charge on any atom is 0.243 e. The Bertz CT molecular complexity index is 940. The van der Waals surface area contributed by atoms with Crippen LogP contribution < -0.4 is 5.32 Å². The highest BCUT2D eigenvalue weighted by Gasteiger charge is 2.22. The van der Waals surface area contributed by atoms with Crippen molar-refractivity contribution in [1.82, 2.24) is 9.21 Å². The van der Waals surface area contributed by atoms with E-state index in [0.29, 0.717) is 36.2 Å². The molecule has 1 amide bonds. The average molecular weight is 456 g/mol. The number of sulfonamides is 1. The predicted octanol–water partition coefficient (Wildman–Crippen LogP) is 4.06. The Morgan fingerprint density at radius 1 is 1.24 bits per heavy atom. The van der Waals surface area contributed by atoms with Crippen molar-refractivity contribution in [2.24, 2.45) is 0 Å². The number of thiophene rings is 1. The number of carbonyl (C=O) groups excluding carboxylic acids is 1. The van der Waals surface area contributed by atoms with Crippen LogP contribution in [0.5, 0.6) is 0 Å². The smallest absolute Gasteiger partial charge is 0.243 e. The number of rotatable bonds is 11. The fraction of sp³-hybridized carbons (Fsp3) is 0.350. The van der Waals surface area contributed by atoms with E-state index in [0.717, 1.165) is 4.88 Å². The summed E-state index contributed by atoms with van der Waals surface area (Å²) in [5.74, 6) is -0.230. The van der Waals surface area contributed by atoms with Crippen LogP contribution in [0, 0.1) is 0 Å². The van der Waals surface area contributed by atoms with Gasteiger partial charge in [-0.15, -0.1) is 17.9 Å². The Morgan fingerprint density at radius 2 is 1.97 bits per heavy atom. The van der Waals surface area contributed by atoms with E-state index >= 15 is 0 Å². The maximum absolute atomic E-state index is 12.7. The summed E-state index contributed by atoms with van der Waals surface area (Å²) in [5, 5.41) is 2.79. The second kappa shape index (κ2) is 10.9. The van der Waals surface area contributed by atoms with Gasteiger partial charge in [0.25, 0.3) is 0 Å². The molecule has 1 N–H and O–H groups in total. The van der Waals surface area contributed by atoms with Gasteiger partial charge in [0.05, 0.1) is 15.8 Å². The molecule has 9 heteroatoms. The summed E-state index contributed by atoms with van der Waals surface area (Å²) in [6.07, 6.45) is 1.74. The van der Waals surface area contributed by atoms with Crippen molar-refractivity contribution in [1.29, 1.82) is 0 Å². The van der Waals surface area contributed by atoms with Gasteiger partial charge in [-0.25, -0.2) is 8.42 Å². The van der Waals surface area contributed by atoms with Crippen molar-refractivity contribution >= 4 is 44.6 Å². The topological polar surface area (TPSA) is 69.7 Å². The summed E-state index contributed by atoms with van der Waals surface area (Å²) in [5.41, 5.74) is 0.445. The van der Waals surface area contributed by atoms with Crippen molar-refractivity contribution in [2.75, 3.05) is 31.5 Å². The third kappa shape index (κ3) is 6.65. The van der Waals surface area contributed by atoms with Crippen LogP contribution in [0.3, 0.4) is 0 Å². The van der Waals surface area contributed by atoms with Gasteiger partial charge in [0.15, 0.2) is 0 Å². The number of halogens is 1. The van der Waals surface area contributed by atoms with Gasteiger partial charge in [-0.1, -0.05) is 37.6 Å². The zero-order valence-corrected chi connectivity index (χ0v) is 19.0. The van der Waals surface area contributed by atoms with Gasteiger partial charge >= 0.3 is 0 Å². The molecular formula is C20H26ClN3O3S2. The Hall–Kier alpha value is -1.71. The third-order valence-electron chi connectivity index (χ3n) is 4.22. The SMILES string of the molecule is C=CCN(CC(=O)Nc1cccc(S(=O)(=O)N(CC)CC)c1)Cc1ccc(Cl)s1. The van der Waals surface area contributed by atoms with Crippen LogP contribution in [-0.4, -0.2) is 49.7 Å². The maximum atomic E-state index is 12.7. The van der Waals surface area contributed by atoms with E-state index in [4.69, 9.17) is 11.6 Å². The second-order valence-corrected chi connectivity index (χ2v) is 10.1. The summed E-state index contributed by atoms with van der Waals surface area (Å²) < 4.78 is 27.5. The van der Waals surface area contributed by atoms with Crippen LogP contribution in [0.4, 0.5) is 5.69 Å². The Morgan fingerprint density at radius 3 is 2.55 bits per heavy atom. The van der Waals surface area contributed by atoms with Crippen molar-refractivity contribution in [2.45, 2.75) is 25.3 Å². The summed E-state index contributed by atoms with van der Waals surface area (Å²) in [4.78, 5) is 15.7. The number of amides is 1. The summed E-state index contributed by atoms with van der Waals surface area (Å²) in [7, 11) is -3.58. The lowest BCUT2D eigenvalue weighted by Crippen LogP contribution is -2.33. The zero-order chi connectivity index (χ0) is 21.4. The molecule has 158 valence electrons. The molecular weight excluding hydrogens is 430 g/mol. The van der Waals surface area contributed by atoms with E-state index in [1.807, 2.05) is 17.0 Å². The van der Waals surface area contributed by atoms with Gasteiger partial charge in [-0.2, -0.15) is 4.31 Å². The largest absolute Gasteiger partial charge is 0.325 e. The van der Waals surface area contributed by atoms with Gasteiger partial charge in [0, 0.05) is 36.7 Å². The van der Waals surface area contributed by atoms with Crippen LogP contribution in [0.15, 0.2) is 53.9 Å². The number of nitrogens with zero attached hydrogens (tertiary/aromatic N) is 2. The Labute approximate surface area is 181 Å². The van der Waals surface area contributed by atoms with Crippen LogP contribution in [0.1, 0.15) is 18.7 Å². The molecule has 2 rings (SSSR count). The molecule has 0 aliphatic rings. The summed E-state index contributed by atoms with van der Waals surface area (Å²) in [6.45, 7) is 9.37. The quantitative estimate of drug-likeness (QED) is 0.519. The summed E-state index contributed by atoms with van der Waals surface area (Å²) in [6, 6.07) is 10.1. The number of hydrogen-bond acceptors (Lipinski definition) is 5. The highest BCUT2D eigenvalue weighted by atomic mass is 35.5. The fourth-order valence-corrected chi connectivity index (χ4v) is 5.51. The number of nitrogens with one attached hydrogen (secondary N) is 1. The van der Waals surface area contributed by atoms with Gasteiger partial charge in [0.1, 0.15) is 0 Å². The van der Waals surface area contributed by atoms with Gasteiger partial charge in [0.2, 0.25) is 15.9 Å². The molecule has 0 atom stereocenters. The summed E-state index contributed by atoms with van der Waals surface area (Å²) >= 11 is 7.45. The first-order valence-corrected chi connectivity index (χ1v) is 11.9. The normalized spacial score (nSPS) is 11.8. The van der Waals surface area contributed by atoms with E-state index in [9.17, 15) is 13.2 Å². The lowest BCUT2D eigenvalue weighted by atomic mass is 10.3. The second-order valence-electron chi connectivity index (χ2n) is 6.33. The number of anilines is 1. The van der Waals surface area contributed by atoms with E-state index in [2.05, 4.69) is 11.9 Å². The van der Waals surface area contributed by atoms with Gasteiger partial charge < -0.3 is 5.32 Å². The molecule has 0 aliphatic carbocycles. The molecule has 0 saturated carbocycles. The zero-order valence-electron chi connectivity index (χ0n) is 16.6. The first kappa shape index (κ1) is 23.6. The molecule has 29 heavy (non-hydrogen) atoms. The van der Waals surface area contributed by atoms with E-state index < -0.39 is 10.0 Å². The number of benzene rings is 1. The van der Waals surface area contributed by atoms with Crippen LogP contribution in [-0.2, 0) is 21.4 Å². The predicted molar refractivity (Wildman–Crippen MR) is 120 cm³/mol. The molecule has 1 aromatic heterocycles. The minimum Gasteiger partial charge on any atom is -0.325 e. The Kier molecular flexibility index (Phi) is 8.85. The molecule has 0 aliphatic heterocycles. The molecule has 0 saturated heterocycles. The van der Waals surface area contributed by atoms with E-state index in [1.54, 1.807) is 32.1 Å². The fourth-order valence-electron chi connectivity index (χ4n) is 2.88. The van der Waals surface area contributed by atoms with Crippen molar-refractivity contribution < 1.29 is 13.2 Å². The number of hydrogen-bond donors (Lipinski definition) is 1. The number of carbonyl (C=O) groups is 1. The molecule has 0 radical (unpaired) electrons. The molecule has 2 aromatic rings. The molecule has 0 bridgehead atoms. The van der Waals surface area contributed by atoms with Gasteiger partial charge in [-0.3, -0.25) is 9.69 Å². The van der Waals surface area contributed by atoms with Crippen molar-refractivity contribution in [3.05, 3.63) is 58.3 Å². The first-order chi connectivity index (χ1) is 13.8. The Balaban J connectivity index is 2.08. The average Bonchev–Trinajstić information content (AvgIpc) is 3.07. The monoisotopic (exact) mass is 455 g/mol. The lowest BCUT2D eigenvalue weighted by Gasteiger charge is -2.20. The van der Waals surface area contributed by atoms with Crippen LogP contribution in [0.2, 0.25) is 4.34 Å². The third-order valence-corrected chi connectivity index (χ3v) is 7.49. The standard InChI is InChI=1S/C20H26ClN3O3S2/c1-4-12-23(14-17-10-11-19(21)28-17)15-20(25)22-16-8-7-9-18(13-16)29(26,27)24(5-2)6-3/h4,7-11,13H,1,5-6,12,14-15H2,2-3H3,(H,22,25). The molecule has 0 spiro atoms. The lowest BCUT2D eigenvalue weighted by molar-refractivity contribution is -0.117. The van der Waals surface area contributed by atoms with Crippen molar-refractivity contribution in [3.63, 3.8) is 0 Å². The first-order valence-electron chi connectivity index (χ1n) is 9.27. The minimum atomic E-state index is -3.58. The molecule has 1 heterocycles. The minimum absolute atomic E-state index is 0.147. The highest BCUT2D eigenvalue weighted by molar-refractivity contribution is 7.89. The van der Waals surface area contributed by atoms with Crippen molar-refractivity contribution in [3.8, 4) is 0 Å². The molecule has 6 nitrogen and oxygen atoms in total. The van der Waals surface area contributed by atoms with E-state index in [1.165, 1.54) is 27.8 Å². The molecule has 0 unspecified atom stereocenters.